The van der Waals surface area contributed by atoms with Gasteiger partial charge in [0.2, 0.25) is 0 Å². The number of aryl methyl sites for hydroxylation is 1. The Balaban J connectivity index is 2.54. The van der Waals surface area contributed by atoms with Crippen LogP contribution in [0.2, 0.25) is 0 Å². The topological polar surface area (TPSA) is 50.7 Å². The Morgan fingerprint density at radius 2 is 2.00 bits per heavy atom. The van der Waals surface area contributed by atoms with Gasteiger partial charge < -0.3 is 19.9 Å². The van der Waals surface area contributed by atoms with Gasteiger partial charge in [-0.3, -0.25) is 0 Å². The van der Waals surface area contributed by atoms with Crippen molar-refractivity contribution < 1.29 is 14.6 Å². The minimum atomic E-state index is -0.284. The van der Waals surface area contributed by atoms with E-state index in [1.807, 2.05) is 19.1 Å². The van der Waals surface area contributed by atoms with Gasteiger partial charge >= 0.3 is 0 Å². The number of benzene rings is 1. The Bertz CT molecular complexity index is 311. The minimum Gasteiger partial charge on any atom is -0.508 e. The molecule has 84 valence electrons. The molecule has 1 rings (SSSR count). The fourth-order valence-electron chi connectivity index (χ4n) is 1.18. The fraction of sp³-hybridized carbons (Fsp3) is 0.455. The molecular weight excluding hydrogens is 194 g/mol. The lowest BCUT2D eigenvalue weighted by Gasteiger charge is -2.15. The van der Waals surface area contributed by atoms with Crippen molar-refractivity contribution >= 4 is 5.69 Å². The molecule has 0 aromatic heterocycles. The number of phenolic OH excluding ortho intramolecular Hbond substituents is 1. The lowest BCUT2D eigenvalue weighted by Crippen LogP contribution is -2.23. The Morgan fingerprint density at radius 1 is 1.33 bits per heavy atom. The molecule has 0 unspecified atom stereocenters. The van der Waals surface area contributed by atoms with Crippen LogP contribution in [0, 0.1) is 6.92 Å². The van der Waals surface area contributed by atoms with Crippen LogP contribution in [0.1, 0.15) is 5.56 Å². The normalized spacial score (nSPS) is 10.7. The van der Waals surface area contributed by atoms with Gasteiger partial charge in [0.15, 0.2) is 6.29 Å². The molecule has 0 amide bonds. The number of hydrogen-bond acceptors (Lipinski definition) is 4. The van der Waals surface area contributed by atoms with Gasteiger partial charge in [-0.05, 0) is 18.6 Å². The van der Waals surface area contributed by atoms with Crippen molar-refractivity contribution in [1.82, 2.24) is 0 Å². The van der Waals surface area contributed by atoms with Gasteiger partial charge in [-0.1, -0.05) is 6.07 Å². The van der Waals surface area contributed by atoms with Crippen molar-refractivity contribution in [3.8, 4) is 5.75 Å². The van der Waals surface area contributed by atoms with Crippen LogP contribution < -0.4 is 5.32 Å². The summed E-state index contributed by atoms with van der Waals surface area (Å²) < 4.78 is 10.1. The summed E-state index contributed by atoms with van der Waals surface area (Å²) in [5.41, 5.74) is 1.70. The lowest BCUT2D eigenvalue weighted by atomic mass is 10.2. The Labute approximate surface area is 89.8 Å². The Kier molecular flexibility index (Phi) is 4.39. The van der Waals surface area contributed by atoms with Crippen molar-refractivity contribution in [2.45, 2.75) is 13.2 Å². The van der Waals surface area contributed by atoms with Crippen LogP contribution >= 0.6 is 0 Å². The van der Waals surface area contributed by atoms with Gasteiger partial charge in [-0.25, -0.2) is 0 Å². The highest BCUT2D eigenvalue weighted by molar-refractivity contribution is 5.50. The summed E-state index contributed by atoms with van der Waals surface area (Å²) in [7, 11) is 3.17. The summed E-state index contributed by atoms with van der Waals surface area (Å²) in [6.07, 6.45) is -0.284. The third-order valence-corrected chi connectivity index (χ3v) is 2.21. The first kappa shape index (κ1) is 11.8. The monoisotopic (exact) mass is 211 g/mol. The van der Waals surface area contributed by atoms with Crippen molar-refractivity contribution in [2.24, 2.45) is 0 Å². The zero-order chi connectivity index (χ0) is 11.3. The van der Waals surface area contributed by atoms with E-state index in [1.54, 1.807) is 20.3 Å². The maximum Gasteiger partial charge on any atom is 0.173 e. The maximum atomic E-state index is 9.48. The molecule has 0 spiro atoms. The molecule has 1 aromatic rings. The van der Waals surface area contributed by atoms with E-state index < -0.39 is 0 Å². The molecule has 2 N–H and O–H groups in total. The summed E-state index contributed by atoms with van der Waals surface area (Å²) in [4.78, 5) is 0. The predicted octanol–water partition coefficient (Wildman–Crippen LogP) is 1.73. The molecule has 0 radical (unpaired) electrons. The number of anilines is 1. The molecule has 4 heteroatoms. The fourth-order valence-corrected chi connectivity index (χ4v) is 1.18. The van der Waals surface area contributed by atoms with Crippen LogP contribution in [0.3, 0.4) is 0 Å². The van der Waals surface area contributed by atoms with Gasteiger partial charge in [0.25, 0.3) is 0 Å². The SMILES string of the molecule is COC(CNc1ccc(C)c(O)c1)OC. The van der Waals surface area contributed by atoms with Crippen LogP contribution in [0.5, 0.6) is 5.75 Å². The molecule has 0 heterocycles. The number of nitrogens with one attached hydrogen (secondary N) is 1. The molecule has 0 aliphatic heterocycles. The van der Waals surface area contributed by atoms with E-state index in [-0.39, 0.29) is 12.0 Å². The molecule has 0 atom stereocenters. The first-order valence-electron chi connectivity index (χ1n) is 4.76. The molecule has 15 heavy (non-hydrogen) atoms. The smallest absolute Gasteiger partial charge is 0.173 e. The first-order chi connectivity index (χ1) is 7.17. The minimum absolute atomic E-state index is 0.284. The second kappa shape index (κ2) is 5.58. The molecule has 4 nitrogen and oxygen atoms in total. The zero-order valence-electron chi connectivity index (χ0n) is 9.28. The molecule has 0 saturated heterocycles. The third kappa shape index (κ3) is 3.42. The second-order valence-corrected chi connectivity index (χ2v) is 3.28. The van der Waals surface area contributed by atoms with Crippen LogP contribution in [-0.4, -0.2) is 32.2 Å². The molecule has 0 fully saturated rings. The number of aromatic hydroxyl groups is 1. The zero-order valence-corrected chi connectivity index (χ0v) is 9.28. The van der Waals surface area contributed by atoms with Gasteiger partial charge in [-0.2, -0.15) is 0 Å². The van der Waals surface area contributed by atoms with Crippen molar-refractivity contribution in [3.05, 3.63) is 23.8 Å². The highest BCUT2D eigenvalue weighted by atomic mass is 16.7. The van der Waals surface area contributed by atoms with Crippen LogP contribution in [0.15, 0.2) is 18.2 Å². The van der Waals surface area contributed by atoms with Crippen LogP contribution in [0.25, 0.3) is 0 Å². The molecule has 0 saturated carbocycles. The highest BCUT2D eigenvalue weighted by Gasteiger charge is 2.04. The first-order valence-corrected chi connectivity index (χ1v) is 4.76. The molecule has 0 aliphatic carbocycles. The largest absolute Gasteiger partial charge is 0.508 e. The summed E-state index contributed by atoms with van der Waals surface area (Å²) in [5, 5.41) is 12.6. The Hall–Kier alpha value is -1.26. The maximum absolute atomic E-state index is 9.48. The van der Waals surface area contributed by atoms with Crippen LogP contribution in [-0.2, 0) is 9.47 Å². The average Bonchev–Trinajstić information content (AvgIpc) is 2.24. The molecule has 0 bridgehead atoms. The average molecular weight is 211 g/mol. The van der Waals surface area contributed by atoms with E-state index in [0.29, 0.717) is 6.54 Å². The van der Waals surface area contributed by atoms with Gasteiger partial charge in [0, 0.05) is 26.0 Å². The number of hydrogen-bond donors (Lipinski definition) is 2. The van der Waals surface area contributed by atoms with Crippen molar-refractivity contribution in [3.63, 3.8) is 0 Å². The number of methoxy groups -OCH3 is 2. The van der Waals surface area contributed by atoms with E-state index in [2.05, 4.69) is 5.32 Å². The Morgan fingerprint density at radius 3 is 2.53 bits per heavy atom. The van der Waals surface area contributed by atoms with Crippen LogP contribution in [0.4, 0.5) is 5.69 Å². The van der Waals surface area contributed by atoms with Crippen molar-refractivity contribution in [1.29, 1.82) is 0 Å². The highest BCUT2D eigenvalue weighted by Crippen LogP contribution is 2.20. The molecule has 1 aromatic carbocycles. The van der Waals surface area contributed by atoms with Crippen molar-refractivity contribution in [2.75, 3.05) is 26.1 Å². The van der Waals surface area contributed by atoms with E-state index >= 15 is 0 Å². The lowest BCUT2D eigenvalue weighted by molar-refractivity contribution is -0.0914. The number of rotatable bonds is 5. The summed E-state index contributed by atoms with van der Waals surface area (Å²) in [5.74, 6) is 0.284. The molecular formula is C11H17NO3. The standard InChI is InChI=1S/C11H17NO3/c1-8-4-5-9(6-10(8)13)12-7-11(14-2)15-3/h4-6,11-13H,7H2,1-3H3. The number of ether oxygens (including phenoxy) is 2. The van der Waals surface area contributed by atoms with E-state index in [4.69, 9.17) is 9.47 Å². The summed E-state index contributed by atoms with van der Waals surface area (Å²) >= 11 is 0. The van der Waals surface area contributed by atoms with Gasteiger partial charge in [0.1, 0.15) is 5.75 Å². The van der Waals surface area contributed by atoms with E-state index in [1.165, 1.54) is 0 Å². The van der Waals surface area contributed by atoms with E-state index in [9.17, 15) is 5.11 Å². The molecule has 0 aliphatic rings. The third-order valence-electron chi connectivity index (χ3n) is 2.21. The second-order valence-electron chi connectivity index (χ2n) is 3.28. The van der Waals surface area contributed by atoms with Gasteiger partial charge in [0.05, 0.1) is 6.54 Å². The summed E-state index contributed by atoms with van der Waals surface area (Å²) in [6, 6.07) is 5.43. The van der Waals surface area contributed by atoms with Gasteiger partial charge in [-0.15, -0.1) is 0 Å². The summed E-state index contributed by atoms with van der Waals surface area (Å²) in [6.45, 7) is 2.39. The number of phenols is 1. The van der Waals surface area contributed by atoms with E-state index in [0.717, 1.165) is 11.3 Å². The predicted molar refractivity (Wildman–Crippen MR) is 59.1 cm³/mol. The quantitative estimate of drug-likeness (QED) is 0.728.